The minimum Gasteiger partial charge on any atom is -0.350 e. The number of amides is 1. The number of nitrogens with zero attached hydrogens (tertiary/aromatic N) is 1. The van der Waals surface area contributed by atoms with Gasteiger partial charge >= 0.3 is 0 Å². The summed E-state index contributed by atoms with van der Waals surface area (Å²) in [5.41, 5.74) is -0.0821. The van der Waals surface area contributed by atoms with Crippen molar-refractivity contribution in [1.29, 1.82) is 0 Å². The number of nitrogens with one attached hydrogen (secondary N) is 2. The molecular formula is C16H32ClN3O. The molecule has 0 aromatic heterocycles. The topological polar surface area (TPSA) is 44.4 Å². The summed E-state index contributed by atoms with van der Waals surface area (Å²) >= 11 is 0. The quantitative estimate of drug-likeness (QED) is 0.756. The van der Waals surface area contributed by atoms with Crippen LogP contribution in [-0.4, -0.2) is 48.6 Å². The number of rotatable bonds is 7. The molecule has 2 aliphatic rings. The number of hydrogen-bond acceptors (Lipinski definition) is 3. The van der Waals surface area contributed by atoms with Crippen molar-refractivity contribution in [3.8, 4) is 0 Å². The third-order valence-corrected chi connectivity index (χ3v) is 4.71. The van der Waals surface area contributed by atoms with E-state index < -0.39 is 0 Å². The van der Waals surface area contributed by atoms with Gasteiger partial charge in [0.2, 0.25) is 5.91 Å². The fourth-order valence-corrected chi connectivity index (χ4v) is 2.66. The Morgan fingerprint density at radius 1 is 1.19 bits per heavy atom. The zero-order chi connectivity index (χ0) is 14.6. The Kier molecular flexibility index (Phi) is 7.45. The van der Waals surface area contributed by atoms with Crippen LogP contribution in [0.15, 0.2) is 0 Å². The van der Waals surface area contributed by atoms with Crippen molar-refractivity contribution in [1.82, 2.24) is 15.5 Å². The van der Waals surface area contributed by atoms with Crippen LogP contribution in [0.5, 0.6) is 0 Å². The van der Waals surface area contributed by atoms with Gasteiger partial charge in [-0.25, -0.2) is 0 Å². The van der Waals surface area contributed by atoms with Crippen molar-refractivity contribution in [2.24, 2.45) is 5.92 Å². The molecule has 2 rings (SSSR count). The molecule has 0 spiro atoms. The zero-order valence-electron chi connectivity index (χ0n) is 13.8. The van der Waals surface area contributed by atoms with Gasteiger partial charge in [-0.15, -0.1) is 12.4 Å². The molecule has 4 nitrogen and oxygen atoms in total. The minimum absolute atomic E-state index is 0. The molecule has 0 radical (unpaired) electrons. The van der Waals surface area contributed by atoms with Crippen LogP contribution in [0.2, 0.25) is 0 Å². The van der Waals surface area contributed by atoms with Gasteiger partial charge in [-0.05, 0) is 58.4 Å². The Balaban J connectivity index is 0.00000220. The first kappa shape index (κ1) is 18.7. The second-order valence-corrected chi connectivity index (χ2v) is 7.19. The first-order chi connectivity index (χ1) is 9.48. The molecule has 0 atom stereocenters. The SMILES string of the molecule is CCC(C)(C)NC(=O)CN1CCC(NCC2CC2)CC1.Cl. The lowest BCUT2D eigenvalue weighted by Gasteiger charge is -2.33. The number of hydrogen-bond donors (Lipinski definition) is 2. The molecule has 1 saturated heterocycles. The highest BCUT2D eigenvalue weighted by molar-refractivity contribution is 5.85. The Morgan fingerprint density at radius 2 is 1.81 bits per heavy atom. The number of halogens is 1. The number of carbonyl (C=O) groups is 1. The van der Waals surface area contributed by atoms with Gasteiger partial charge in [0.05, 0.1) is 6.54 Å². The van der Waals surface area contributed by atoms with Crippen molar-refractivity contribution in [2.45, 2.75) is 64.5 Å². The van der Waals surface area contributed by atoms with E-state index in [0.29, 0.717) is 12.6 Å². The lowest BCUT2D eigenvalue weighted by atomic mass is 10.0. The van der Waals surface area contributed by atoms with Gasteiger partial charge in [0, 0.05) is 24.7 Å². The normalized spacial score (nSPS) is 20.9. The molecule has 124 valence electrons. The highest BCUT2D eigenvalue weighted by Crippen LogP contribution is 2.28. The van der Waals surface area contributed by atoms with Gasteiger partial charge in [-0.1, -0.05) is 6.92 Å². The Labute approximate surface area is 135 Å². The van der Waals surface area contributed by atoms with Gasteiger partial charge in [0.25, 0.3) is 0 Å². The van der Waals surface area contributed by atoms with Crippen LogP contribution >= 0.6 is 12.4 Å². The van der Waals surface area contributed by atoms with Crippen LogP contribution in [0.3, 0.4) is 0 Å². The molecule has 5 heteroatoms. The highest BCUT2D eigenvalue weighted by Gasteiger charge is 2.25. The molecule has 0 aromatic carbocycles. The molecule has 1 amide bonds. The molecule has 0 aromatic rings. The van der Waals surface area contributed by atoms with Crippen LogP contribution in [0, 0.1) is 5.92 Å². The summed E-state index contributed by atoms with van der Waals surface area (Å²) in [6, 6.07) is 0.669. The molecule has 21 heavy (non-hydrogen) atoms. The number of likely N-dealkylation sites (tertiary alicyclic amines) is 1. The molecule has 0 unspecified atom stereocenters. The molecule has 1 saturated carbocycles. The molecule has 1 aliphatic heterocycles. The highest BCUT2D eigenvalue weighted by atomic mass is 35.5. The Hall–Kier alpha value is -0.320. The average Bonchev–Trinajstić information content (AvgIpc) is 3.21. The maximum absolute atomic E-state index is 12.0. The summed E-state index contributed by atoms with van der Waals surface area (Å²) in [5.74, 6) is 1.12. The summed E-state index contributed by atoms with van der Waals surface area (Å²) in [6.45, 7) is 10.1. The van der Waals surface area contributed by atoms with Crippen molar-refractivity contribution in [2.75, 3.05) is 26.2 Å². The Bertz CT molecular complexity index is 323. The lowest BCUT2D eigenvalue weighted by Crippen LogP contribution is -2.50. The first-order valence-corrected chi connectivity index (χ1v) is 8.25. The smallest absolute Gasteiger partial charge is 0.234 e. The lowest BCUT2D eigenvalue weighted by molar-refractivity contribution is -0.124. The number of carbonyl (C=O) groups excluding carboxylic acids is 1. The molecule has 2 N–H and O–H groups in total. The monoisotopic (exact) mass is 317 g/mol. The van der Waals surface area contributed by atoms with Gasteiger partial charge in [-0.2, -0.15) is 0 Å². The van der Waals surface area contributed by atoms with E-state index in [4.69, 9.17) is 0 Å². The summed E-state index contributed by atoms with van der Waals surface area (Å²) in [5, 5.41) is 6.79. The zero-order valence-corrected chi connectivity index (χ0v) is 14.6. The van der Waals surface area contributed by atoms with Gasteiger partial charge in [0.1, 0.15) is 0 Å². The predicted molar refractivity (Wildman–Crippen MR) is 89.9 cm³/mol. The average molecular weight is 318 g/mol. The minimum atomic E-state index is -0.0821. The van der Waals surface area contributed by atoms with Crippen LogP contribution in [0.1, 0.15) is 52.9 Å². The van der Waals surface area contributed by atoms with Crippen molar-refractivity contribution in [3.63, 3.8) is 0 Å². The molecule has 1 aliphatic carbocycles. The summed E-state index contributed by atoms with van der Waals surface area (Å²) < 4.78 is 0. The van der Waals surface area contributed by atoms with Crippen molar-refractivity contribution < 1.29 is 4.79 Å². The first-order valence-electron chi connectivity index (χ1n) is 8.25. The largest absolute Gasteiger partial charge is 0.350 e. The second kappa shape index (κ2) is 8.35. The third kappa shape index (κ3) is 6.98. The van der Waals surface area contributed by atoms with Crippen LogP contribution < -0.4 is 10.6 Å². The predicted octanol–water partition coefficient (Wildman–Crippen LogP) is 2.18. The third-order valence-electron chi connectivity index (χ3n) is 4.71. The summed E-state index contributed by atoms with van der Waals surface area (Å²) in [6.07, 6.45) is 6.15. The van der Waals surface area contributed by atoms with Crippen molar-refractivity contribution in [3.05, 3.63) is 0 Å². The van der Waals surface area contributed by atoms with E-state index in [2.05, 4.69) is 36.3 Å². The Morgan fingerprint density at radius 3 is 2.33 bits per heavy atom. The van der Waals surface area contributed by atoms with Crippen LogP contribution in [0.25, 0.3) is 0 Å². The molecule has 1 heterocycles. The van der Waals surface area contributed by atoms with Gasteiger partial charge in [-0.3, -0.25) is 9.69 Å². The van der Waals surface area contributed by atoms with Gasteiger partial charge in [0.15, 0.2) is 0 Å². The van der Waals surface area contributed by atoms with Crippen LogP contribution in [0.4, 0.5) is 0 Å². The molecule has 0 bridgehead atoms. The summed E-state index contributed by atoms with van der Waals surface area (Å²) in [4.78, 5) is 14.3. The fraction of sp³-hybridized carbons (Fsp3) is 0.938. The van der Waals surface area contributed by atoms with E-state index in [1.54, 1.807) is 0 Å². The summed E-state index contributed by atoms with van der Waals surface area (Å²) in [7, 11) is 0. The van der Waals surface area contributed by atoms with E-state index >= 15 is 0 Å². The van der Waals surface area contributed by atoms with E-state index in [1.165, 1.54) is 32.2 Å². The van der Waals surface area contributed by atoms with E-state index in [9.17, 15) is 4.79 Å². The number of piperidine rings is 1. The molecule has 2 fully saturated rings. The maximum atomic E-state index is 12.0. The fourth-order valence-electron chi connectivity index (χ4n) is 2.66. The van der Waals surface area contributed by atoms with Gasteiger partial charge < -0.3 is 10.6 Å². The van der Waals surface area contributed by atoms with E-state index in [0.717, 1.165) is 25.4 Å². The second-order valence-electron chi connectivity index (χ2n) is 7.19. The van der Waals surface area contributed by atoms with Crippen LogP contribution in [-0.2, 0) is 4.79 Å². The standard InChI is InChI=1S/C16H31N3O.ClH/c1-4-16(2,3)18-15(20)12-19-9-7-14(8-10-19)17-11-13-5-6-13;/h13-14,17H,4-12H2,1-3H3,(H,18,20);1H. The van der Waals surface area contributed by atoms with E-state index in [-0.39, 0.29) is 23.9 Å². The van der Waals surface area contributed by atoms with Crippen molar-refractivity contribution >= 4 is 18.3 Å². The molecular weight excluding hydrogens is 286 g/mol. The van der Waals surface area contributed by atoms with E-state index in [1.807, 2.05) is 0 Å². The maximum Gasteiger partial charge on any atom is 0.234 e.